The number of halogens is 1. The van der Waals surface area contributed by atoms with Crippen LogP contribution in [0, 0.1) is 13.8 Å². The van der Waals surface area contributed by atoms with Gasteiger partial charge in [-0.3, -0.25) is 4.99 Å². The van der Waals surface area contributed by atoms with Crippen LogP contribution in [0.5, 0.6) is 5.75 Å². The minimum atomic E-state index is -2.94. The zero-order chi connectivity index (χ0) is 18.2. The summed E-state index contributed by atoms with van der Waals surface area (Å²) in [6.07, 6.45) is 1.79. The molecule has 0 spiro atoms. The van der Waals surface area contributed by atoms with Gasteiger partial charge in [0.2, 0.25) is 0 Å². The molecular weight excluding hydrogens is 453 g/mol. The van der Waals surface area contributed by atoms with E-state index in [0.717, 1.165) is 5.75 Å². The van der Waals surface area contributed by atoms with Crippen LogP contribution in [0.1, 0.15) is 24.5 Å². The lowest BCUT2D eigenvalue weighted by molar-refractivity contribution is 0.321. The lowest BCUT2D eigenvalue weighted by atomic mass is 10.1. The van der Waals surface area contributed by atoms with Crippen molar-refractivity contribution in [3.63, 3.8) is 0 Å². The fourth-order valence-corrected chi connectivity index (χ4v) is 3.03. The molecule has 0 heterocycles. The maximum Gasteiger partial charge on any atom is 0.191 e. The minimum Gasteiger partial charge on any atom is -0.492 e. The molecule has 0 aromatic heterocycles. The summed E-state index contributed by atoms with van der Waals surface area (Å²) in [7, 11) is -1.26. The van der Waals surface area contributed by atoms with Crippen molar-refractivity contribution in [1.29, 1.82) is 0 Å². The second-order valence-corrected chi connectivity index (χ2v) is 8.39. The van der Waals surface area contributed by atoms with Crippen LogP contribution < -0.4 is 15.4 Å². The van der Waals surface area contributed by atoms with Crippen LogP contribution in [0.3, 0.4) is 0 Å². The Kier molecular flexibility index (Phi) is 11.1. The van der Waals surface area contributed by atoms with Crippen LogP contribution in [0.15, 0.2) is 23.2 Å². The Morgan fingerprint density at radius 3 is 2.36 bits per heavy atom. The zero-order valence-corrected chi connectivity index (χ0v) is 18.8. The van der Waals surface area contributed by atoms with Gasteiger partial charge in [-0.1, -0.05) is 6.07 Å². The topological polar surface area (TPSA) is 79.8 Å². The van der Waals surface area contributed by atoms with E-state index in [-0.39, 0.29) is 35.8 Å². The normalized spacial score (nSPS) is 12.9. The molecule has 2 N–H and O–H groups in total. The van der Waals surface area contributed by atoms with Crippen molar-refractivity contribution in [2.45, 2.75) is 33.2 Å². The smallest absolute Gasteiger partial charge is 0.191 e. The van der Waals surface area contributed by atoms with Crippen molar-refractivity contribution in [3.05, 3.63) is 29.3 Å². The highest BCUT2D eigenvalue weighted by Gasteiger charge is 2.09. The number of guanidine groups is 1. The standard InChI is InChI=1S/C17H29N3O3S.HI/c1-13-10-14(2)12-16(11-13)23-8-7-19-17(18-4)20-15(3)6-9-24(5,21)22;/h10-12,15H,6-9H2,1-5H3,(H2,18,19,20);1H. The molecule has 1 aromatic rings. The van der Waals surface area contributed by atoms with Crippen LogP contribution >= 0.6 is 24.0 Å². The van der Waals surface area contributed by atoms with E-state index in [0.29, 0.717) is 25.5 Å². The quantitative estimate of drug-likeness (QED) is 0.257. The highest BCUT2D eigenvalue weighted by atomic mass is 127. The maximum absolute atomic E-state index is 11.2. The Labute approximate surface area is 168 Å². The van der Waals surface area contributed by atoms with Gasteiger partial charge in [-0.2, -0.15) is 0 Å². The number of nitrogens with zero attached hydrogens (tertiary/aromatic N) is 1. The summed E-state index contributed by atoms with van der Waals surface area (Å²) < 4.78 is 28.1. The molecular formula is C17H30IN3O3S. The van der Waals surface area contributed by atoms with Crippen LogP contribution in [0.2, 0.25) is 0 Å². The molecule has 0 aliphatic heterocycles. The molecule has 8 heteroatoms. The van der Waals surface area contributed by atoms with Gasteiger partial charge >= 0.3 is 0 Å². The lowest BCUT2D eigenvalue weighted by Crippen LogP contribution is -2.44. The molecule has 25 heavy (non-hydrogen) atoms. The summed E-state index contributed by atoms with van der Waals surface area (Å²) in [5, 5.41) is 6.34. The Bertz CT molecular complexity index is 643. The molecule has 0 radical (unpaired) electrons. The molecule has 0 saturated carbocycles. The third kappa shape index (κ3) is 11.2. The van der Waals surface area contributed by atoms with E-state index in [4.69, 9.17) is 4.74 Å². The van der Waals surface area contributed by atoms with Gasteiger partial charge < -0.3 is 15.4 Å². The first-order valence-electron chi connectivity index (χ1n) is 8.05. The number of rotatable bonds is 8. The van der Waals surface area contributed by atoms with Gasteiger partial charge in [0.05, 0.1) is 12.3 Å². The summed E-state index contributed by atoms with van der Waals surface area (Å²) in [6.45, 7) is 7.14. The lowest BCUT2D eigenvalue weighted by Gasteiger charge is -2.17. The first kappa shape index (κ1) is 24.0. The summed E-state index contributed by atoms with van der Waals surface area (Å²) in [5.41, 5.74) is 2.35. The van der Waals surface area contributed by atoms with Gasteiger partial charge in [0.1, 0.15) is 22.2 Å². The maximum atomic E-state index is 11.2. The number of ether oxygens (including phenoxy) is 1. The number of hydrogen-bond donors (Lipinski definition) is 2. The van der Waals surface area contributed by atoms with Crippen molar-refractivity contribution in [3.8, 4) is 5.75 Å². The molecule has 6 nitrogen and oxygen atoms in total. The predicted octanol–water partition coefficient (Wildman–Crippen LogP) is 2.29. The van der Waals surface area contributed by atoms with Crippen LogP contribution in [-0.4, -0.2) is 52.6 Å². The highest BCUT2D eigenvalue weighted by Crippen LogP contribution is 2.15. The van der Waals surface area contributed by atoms with Gasteiger partial charge in [-0.05, 0) is 50.5 Å². The summed E-state index contributed by atoms with van der Waals surface area (Å²) in [6, 6.07) is 6.14. The number of hydrogen-bond acceptors (Lipinski definition) is 4. The van der Waals surface area contributed by atoms with E-state index in [2.05, 4.69) is 21.7 Å². The largest absolute Gasteiger partial charge is 0.492 e. The molecule has 0 fully saturated rings. The van der Waals surface area contributed by atoms with Crippen LogP contribution in [-0.2, 0) is 9.84 Å². The van der Waals surface area contributed by atoms with Gasteiger partial charge in [0, 0.05) is 19.3 Å². The average molecular weight is 483 g/mol. The van der Waals surface area contributed by atoms with Gasteiger partial charge in [0.15, 0.2) is 5.96 Å². The predicted molar refractivity (Wildman–Crippen MR) is 115 cm³/mol. The van der Waals surface area contributed by atoms with E-state index >= 15 is 0 Å². The molecule has 0 aliphatic rings. The SMILES string of the molecule is CN=C(NCCOc1cc(C)cc(C)c1)NC(C)CCS(C)(=O)=O.I. The molecule has 1 rings (SSSR count). The molecule has 1 unspecified atom stereocenters. The van der Waals surface area contributed by atoms with Gasteiger partial charge in [0.25, 0.3) is 0 Å². The Morgan fingerprint density at radius 2 is 1.84 bits per heavy atom. The summed E-state index contributed by atoms with van der Waals surface area (Å²) in [4.78, 5) is 4.13. The fraction of sp³-hybridized carbons (Fsp3) is 0.588. The Morgan fingerprint density at radius 1 is 1.24 bits per heavy atom. The minimum absolute atomic E-state index is 0. The van der Waals surface area contributed by atoms with Crippen molar-refractivity contribution in [1.82, 2.24) is 10.6 Å². The second-order valence-electron chi connectivity index (χ2n) is 6.13. The first-order valence-corrected chi connectivity index (χ1v) is 10.1. The van der Waals surface area contributed by atoms with Crippen molar-refractivity contribution < 1.29 is 13.2 Å². The Hall–Kier alpha value is -1.03. The average Bonchev–Trinajstić information content (AvgIpc) is 2.46. The monoisotopic (exact) mass is 483 g/mol. The third-order valence-electron chi connectivity index (χ3n) is 3.39. The van der Waals surface area contributed by atoms with Crippen molar-refractivity contribution >= 4 is 39.8 Å². The van der Waals surface area contributed by atoms with Gasteiger partial charge in [-0.25, -0.2) is 8.42 Å². The molecule has 0 saturated heterocycles. The molecule has 1 atom stereocenters. The zero-order valence-electron chi connectivity index (χ0n) is 15.6. The second kappa shape index (κ2) is 11.6. The van der Waals surface area contributed by atoms with E-state index in [1.807, 2.05) is 32.9 Å². The number of benzene rings is 1. The van der Waals surface area contributed by atoms with E-state index in [9.17, 15) is 8.42 Å². The third-order valence-corrected chi connectivity index (χ3v) is 4.36. The van der Waals surface area contributed by atoms with E-state index in [1.54, 1.807) is 7.05 Å². The van der Waals surface area contributed by atoms with E-state index in [1.165, 1.54) is 17.4 Å². The highest BCUT2D eigenvalue weighted by molar-refractivity contribution is 14.0. The van der Waals surface area contributed by atoms with Crippen LogP contribution in [0.4, 0.5) is 0 Å². The van der Waals surface area contributed by atoms with Gasteiger partial charge in [-0.15, -0.1) is 24.0 Å². The van der Waals surface area contributed by atoms with Crippen molar-refractivity contribution in [2.75, 3.05) is 32.2 Å². The fourth-order valence-electron chi connectivity index (χ4n) is 2.25. The Balaban J connectivity index is 0.00000576. The number of aliphatic imine (C=N–C) groups is 1. The molecule has 1 aromatic carbocycles. The summed E-state index contributed by atoms with van der Waals surface area (Å²) >= 11 is 0. The molecule has 144 valence electrons. The number of sulfone groups is 1. The number of aryl methyl sites for hydroxylation is 2. The van der Waals surface area contributed by atoms with Crippen LogP contribution in [0.25, 0.3) is 0 Å². The number of nitrogens with one attached hydrogen (secondary N) is 2. The molecule has 0 bridgehead atoms. The first-order chi connectivity index (χ1) is 11.2. The van der Waals surface area contributed by atoms with Crippen molar-refractivity contribution in [2.24, 2.45) is 4.99 Å². The molecule has 0 amide bonds. The molecule has 0 aliphatic carbocycles. The van der Waals surface area contributed by atoms with E-state index < -0.39 is 9.84 Å². The summed E-state index contributed by atoms with van der Waals surface area (Å²) in [5.74, 6) is 1.66.